The number of Topliss-reactive ketones (excluding diaryl/α,β-unsaturated/α-hetero) is 1. The van der Waals surface area contributed by atoms with E-state index in [0.717, 1.165) is 23.5 Å². The number of halogens is 1. The van der Waals surface area contributed by atoms with Gasteiger partial charge in [0.1, 0.15) is 23.0 Å². The Balaban J connectivity index is 1.84. The lowest BCUT2D eigenvalue weighted by Gasteiger charge is -2.19. The van der Waals surface area contributed by atoms with Crippen LogP contribution in [0, 0.1) is 21.4 Å². The number of rotatable bonds is 5. The Bertz CT molecular complexity index is 1110. The molecule has 1 heterocycles. The number of ketones is 1. The Morgan fingerprint density at radius 1 is 1.17 bits per heavy atom. The largest absolute Gasteiger partial charge is 0.453 e. The second-order valence-electron chi connectivity index (χ2n) is 6.34. The fraction of sp³-hybridized carbons (Fsp3) is 0.150. The minimum Gasteiger partial charge on any atom is -0.453 e. The van der Waals surface area contributed by atoms with Gasteiger partial charge in [0.15, 0.2) is 6.61 Å². The number of carbonyl (C=O) groups excluding carboxylic acids is 2. The molecular weight excluding hydrogens is 412 g/mol. The number of carbonyl (C=O) groups is 2. The zero-order valence-corrected chi connectivity index (χ0v) is 16.7. The molecule has 0 aliphatic carbocycles. The van der Waals surface area contributed by atoms with Crippen LogP contribution in [0.2, 0.25) is 5.02 Å². The number of esters is 1. The molecule has 0 amide bonds. The van der Waals surface area contributed by atoms with Crippen LogP contribution < -0.4 is 9.80 Å². The average molecular weight is 427 g/mol. The number of para-hydroxylation sites is 2. The third-order valence-electron chi connectivity index (χ3n) is 4.56. The molecule has 0 unspecified atom stereocenters. The van der Waals surface area contributed by atoms with Gasteiger partial charge in [-0.15, -0.1) is 0 Å². The van der Waals surface area contributed by atoms with Crippen molar-refractivity contribution in [1.82, 2.24) is 0 Å². The Labute approximate surface area is 176 Å². The molecule has 0 fully saturated rings. The van der Waals surface area contributed by atoms with Crippen LogP contribution in [-0.4, -0.2) is 37.4 Å². The van der Waals surface area contributed by atoms with Crippen molar-refractivity contribution >= 4 is 40.4 Å². The zero-order valence-electron chi connectivity index (χ0n) is 16.0. The molecule has 152 valence electrons. The molecule has 0 saturated carbocycles. The van der Waals surface area contributed by atoms with Crippen molar-refractivity contribution in [3.8, 4) is 6.07 Å². The maximum atomic E-state index is 12.7. The lowest BCUT2D eigenvalue weighted by molar-refractivity contribution is -0.385. The Morgan fingerprint density at radius 3 is 2.30 bits per heavy atom. The van der Waals surface area contributed by atoms with Crippen molar-refractivity contribution in [2.45, 2.75) is 0 Å². The van der Waals surface area contributed by atoms with E-state index in [-0.39, 0.29) is 16.2 Å². The van der Waals surface area contributed by atoms with E-state index in [2.05, 4.69) is 0 Å². The van der Waals surface area contributed by atoms with Gasteiger partial charge in [0.05, 0.1) is 16.3 Å². The van der Waals surface area contributed by atoms with Gasteiger partial charge in [0.25, 0.3) is 5.69 Å². The first-order valence-corrected chi connectivity index (χ1v) is 8.99. The van der Waals surface area contributed by atoms with Crippen molar-refractivity contribution in [1.29, 1.82) is 5.26 Å². The summed E-state index contributed by atoms with van der Waals surface area (Å²) in [5.41, 5.74) is 0.532. The molecule has 0 spiro atoms. The summed E-state index contributed by atoms with van der Waals surface area (Å²) in [7, 11) is 3.42. The molecule has 0 bridgehead atoms. The van der Waals surface area contributed by atoms with Crippen LogP contribution in [0.1, 0.15) is 10.4 Å². The van der Waals surface area contributed by atoms with Crippen molar-refractivity contribution in [2.75, 3.05) is 30.5 Å². The first kappa shape index (κ1) is 20.8. The molecule has 9 nitrogen and oxygen atoms in total. The van der Waals surface area contributed by atoms with Gasteiger partial charge in [-0.2, -0.15) is 5.26 Å². The first-order valence-electron chi connectivity index (χ1n) is 8.61. The number of nitrogens with zero attached hydrogens (tertiary/aromatic N) is 4. The summed E-state index contributed by atoms with van der Waals surface area (Å²) in [5, 5.41) is 20.8. The van der Waals surface area contributed by atoms with Gasteiger partial charge in [-0.25, -0.2) is 4.79 Å². The summed E-state index contributed by atoms with van der Waals surface area (Å²) >= 11 is 5.80. The number of nitro benzene ring substituents is 1. The molecular formula is C20H15ClN4O5. The Kier molecular flexibility index (Phi) is 5.71. The summed E-state index contributed by atoms with van der Waals surface area (Å²) in [6.07, 6.45) is 0. The molecule has 3 rings (SSSR count). The van der Waals surface area contributed by atoms with E-state index >= 15 is 0 Å². The van der Waals surface area contributed by atoms with Gasteiger partial charge in [-0.1, -0.05) is 23.7 Å². The molecule has 10 heteroatoms. The second kappa shape index (κ2) is 8.23. The molecule has 1 aliphatic rings. The van der Waals surface area contributed by atoms with Crippen molar-refractivity contribution < 1.29 is 19.2 Å². The highest BCUT2D eigenvalue weighted by molar-refractivity contribution is 6.31. The number of anilines is 2. The number of nitro groups is 1. The fourth-order valence-corrected chi connectivity index (χ4v) is 3.34. The first-order chi connectivity index (χ1) is 14.3. The molecule has 0 N–H and O–H groups in total. The highest BCUT2D eigenvalue weighted by atomic mass is 35.5. The van der Waals surface area contributed by atoms with Gasteiger partial charge in [-0.05, 0) is 24.3 Å². The van der Waals surface area contributed by atoms with E-state index in [9.17, 15) is 25.0 Å². The average Bonchev–Trinajstić information content (AvgIpc) is 2.98. The molecule has 2 aromatic rings. The minimum absolute atomic E-state index is 0.102. The summed E-state index contributed by atoms with van der Waals surface area (Å²) in [5.74, 6) is -1.48. The SMILES string of the molecule is CN1C(=C(C#N)C(=O)COC(=O)c2cc(Cl)ccc2[N+](=O)[O-])N(C)c2ccccc21. The van der Waals surface area contributed by atoms with Crippen LogP contribution in [0.25, 0.3) is 0 Å². The van der Waals surface area contributed by atoms with Gasteiger partial charge in [0, 0.05) is 25.2 Å². The number of nitriles is 1. The van der Waals surface area contributed by atoms with Crippen LogP contribution in [-0.2, 0) is 9.53 Å². The summed E-state index contributed by atoms with van der Waals surface area (Å²) in [4.78, 5) is 38.7. The van der Waals surface area contributed by atoms with Gasteiger partial charge < -0.3 is 14.5 Å². The number of ether oxygens (including phenoxy) is 1. The van der Waals surface area contributed by atoms with E-state index < -0.39 is 29.0 Å². The third kappa shape index (κ3) is 3.68. The van der Waals surface area contributed by atoms with E-state index in [0.29, 0.717) is 5.82 Å². The second-order valence-corrected chi connectivity index (χ2v) is 6.77. The molecule has 0 radical (unpaired) electrons. The predicted molar refractivity (Wildman–Crippen MR) is 109 cm³/mol. The third-order valence-corrected chi connectivity index (χ3v) is 4.80. The quantitative estimate of drug-likeness (QED) is 0.235. The van der Waals surface area contributed by atoms with Crippen LogP contribution in [0.3, 0.4) is 0 Å². The van der Waals surface area contributed by atoms with Crippen LogP contribution >= 0.6 is 11.6 Å². The van der Waals surface area contributed by atoms with Gasteiger partial charge in [-0.3, -0.25) is 14.9 Å². The van der Waals surface area contributed by atoms with Crippen LogP contribution in [0.15, 0.2) is 53.9 Å². The molecule has 0 atom stereocenters. The van der Waals surface area contributed by atoms with Crippen molar-refractivity contribution in [2.24, 2.45) is 0 Å². The maximum absolute atomic E-state index is 12.7. The monoisotopic (exact) mass is 426 g/mol. The zero-order chi connectivity index (χ0) is 22.0. The van der Waals surface area contributed by atoms with Gasteiger partial charge in [0.2, 0.25) is 5.78 Å². The van der Waals surface area contributed by atoms with E-state index in [1.54, 1.807) is 23.9 Å². The maximum Gasteiger partial charge on any atom is 0.345 e. The normalized spacial score (nSPS) is 12.3. The smallest absolute Gasteiger partial charge is 0.345 e. The minimum atomic E-state index is -1.09. The topological polar surface area (TPSA) is 117 Å². The van der Waals surface area contributed by atoms with E-state index in [4.69, 9.17) is 16.3 Å². The lowest BCUT2D eigenvalue weighted by Crippen LogP contribution is -2.28. The summed E-state index contributed by atoms with van der Waals surface area (Å²) < 4.78 is 4.95. The number of hydrogen-bond donors (Lipinski definition) is 0. The van der Waals surface area contributed by atoms with Crippen molar-refractivity contribution in [3.63, 3.8) is 0 Å². The van der Waals surface area contributed by atoms with E-state index in [1.807, 2.05) is 30.3 Å². The molecule has 0 aromatic heterocycles. The highest BCUT2D eigenvalue weighted by Crippen LogP contribution is 2.40. The Morgan fingerprint density at radius 2 is 1.77 bits per heavy atom. The summed E-state index contributed by atoms with van der Waals surface area (Å²) in [6.45, 7) is -0.757. The van der Waals surface area contributed by atoms with Gasteiger partial charge >= 0.3 is 5.97 Å². The molecule has 1 aliphatic heterocycles. The number of fused-ring (bicyclic) bond motifs is 1. The standard InChI is InChI=1S/C20H15ClN4O5/c1-23-16-5-3-4-6-17(16)24(2)19(23)14(10-22)18(26)11-30-20(27)13-9-12(21)7-8-15(13)25(28)29/h3-9H,11H2,1-2H3. The highest BCUT2D eigenvalue weighted by Gasteiger charge is 2.32. The van der Waals surface area contributed by atoms with E-state index in [1.165, 1.54) is 6.07 Å². The molecule has 30 heavy (non-hydrogen) atoms. The van der Waals surface area contributed by atoms with Crippen molar-refractivity contribution in [3.05, 3.63) is 74.6 Å². The predicted octanol–water partition coefficient (Wildman–Crippen LogP) is 3.30. The lowest BCUT2D eigenvalue weighted by atomic mass is 10.1. The van der Waals surface area contributed by atoms with Crippen LogP contribution in [0.5, 0.6) is 0 Å². The number of hydrogen-bond acceptors (Lipinski definition) is 8. The molecule has 0 saturated heterocycles. The Hall–Kier alpha value is -3.90. The molecule has 2 aromatic carbocycles. The number of benzene rings is 2. The fourth-order valence-electron chi connectivity index (χ4n) is 3.17. The summed E-state index contributed by atoms with van der Waals surface area (Å²) in [6, 6.07) is 12.6. The van der Waals surface area contributed by atoms with Crippen LogP contribution in [0.4, 0.5) is 17.1 Å².